The molecule has 0 saturated carbocycles. The maximum Gasteiger partial charge on any atom is 0.308 e. The highest BCUT2D eigenvalue weighted by Crippen LogP contribution is 2.06. The van der Waals surface area contributed by atoms with Gasteiger partial charge in [0.05, 0.1) is 25.4 Å². The first kappa shape index (κ1) is 11.8. The first-order valence-corrected chi connectivity index (χ1v) is 5.02. The van der Waals surface area contributed by atoms with E-state index in [4.69, 9.17) is 13.9 Å². The average Bonchev–Trinajstić information content (AvgIpc) is 2.67. The molecule has 15 heavy (non-hydrogen) atoms. The Morgan fingerprint density at radius 2 is 2.40 bits per heavy atom. The molecule has 0 fully saturated rings. The fourth-order valence-corrected chi connectivity index (χ4v) is 1.13. The Morgan fingerprint density at radius 3 is 3.00 bits per heavy atom. The summed E-state index contributed by atoms with van der Waals surface area (Å²) in [4.78, 5) is 11.1. The van der Waals surface area contributed by atoms with Crippen LogP contribution in [0.15, 0.2) is 22.8 Å². The fraction of sp³-hybridized carbons (Fsp3) is 0.545. The van der Waals surface area contributed by atoms with Gasteiger partial charge >= 0.3 is 5.97 Å². The Bertz CT molecular complexity index is 279. The van der Waals surface area contributed by atoms with Crippen LogP contribution in [0, 0.1) is 0 Å². The lowest BCUT2D eigenvalue weighted by Crippen LogP contribution is -2.16. The van der Waals surface area contributed by atoms with Crippen LogP contribution in [0.4, 0.5) is 0 Å². The Kier molecular flexibility index (Phi) is 4.90. The average molecular weight is 212 g/mol. The van der Waals surface area contributed by atoms with E-state index in [9.17, 15) is 4.79 Å². The molecule has 4 nitrogen and oxygen atoms in total. The van der Waals surface area contributed by atoms with E-state index in [2.05, 4.69) is 0 Å². The van der Waals surface area contributed by atoms with E-state index in [1.807, 2.05) is 13.0 Å². The number of hydrogen-bond donors (Lipinski definition) is 0. The maximum absolute atomic E-state index is 11.1. The van der Waals surface area contributed by atoms with Crippen LogP contribution in [0.5, 0.6) is 0 Å². The zero-order valence-corrected chi connectivity index (χ0v) is 9.06. The normalized spacial score (nSPS) is 12.4. The number of carbonyl (C=O) groups excluding carboxylic acids is 1. The minimum atomic E-state index is -0.232. The fourth-order valence-electron chi connectivity index (χ4n) is 1.13. The van der Waals surface area contributed by atoms with Crippen LogP contribution in [-0.2, 0) is 20.9 Å². The van der Waals surface area contributed by atoms with Gasteiger partial charge in [-0.3, -0.25) is 4.79 Å². The maximum atomic E-state index is 11.1. The molecule has 0 saturated heterocycles. The van der Waals surface area contributed by atoms with Crippen molar-refractivity contribution >= 4 is 5.97 Å². The summed E-state index contributed by atoms with van der Waals surface area (Å²) >= 11 is 0. The third kappa shape index (κ3) is 4.65. The summed E-state index contributed by atoms with van der Waals surface area (Å²) in [5, 5.41) is 0. The quantitative estimate of drug-likeness (QED) is 0.678. The molecule has 1 aromatic rings. The highest BCUT2D eigenvalue weighted by Gasteiger charge is 2.10. The second kappa shape index (κ2) is 6.24. The molecule has 1 rings (SSSR count). The van der Waals surface area contributed by atoms with Crippen molar-refractivity contribution in [2.24, 2.45) is 0 Å². The Morgan fingerprint density at radius 1 is 1.60 bits per heavy atom. The predicted molar refractivity (Wildman–Crippen MR) is 54.2 cm³/mol. The zero-order chi connectivity index (χ0) is 11.1. The molecule has 1 unspecified atom stereocenters. The molecule has 0 aromatic carbocycles. The van der Waals surface area contributed by atoms with Gasteiger partial charge in [-0.2, -0.15) is 0 Å². The molecule has 0 aliphatic carbocycles. The summed E-state index contributed by atoms with van der Waals surface area (Å²) in [5.74, 6) is 0.523. The van der Waals surface area contributed by atoms with Gasteiger partial charge in [-0.1, -0.05) is 0 Å². The summed E-state index contributed by atoms with van der Waals surface area (Å²) < 4.78 is 15.3. The lowest BCUT2D eigenvalue weighted by atomic mass is 10.3. The zero-order valence-electron chi connectivity index (χ0n) is 9.06. The minimum absolute atomic E-state index is 0.158. The number of ether oxygens (including phenoxy) is 2. The van der Waals surface area contributed by atoms with E-state index >= 15 is 0 Å². The highest BCUT2D eigenvalue weighted by atomic mass is 16.5. The molecule has 0 N–H and O–H groups in total. The third-order valence-corrected chi connectivity index (χ3v) is 1.85. The van der Waals surface area contributed by atoms with Crippen LogP contribution in [0.2, 0.25) is 0 Å². The Labute approximate surface area is 89.2 Å². The molecule has 0 bridgehead atoms. The standard InChI is InChI=1S/C11H16O4/c1-3-13-11(12)7-9(2)15-8-10-5-4-6-14-10/h4-6,9H,3,7-8H2,1-2H3. The molecular weight excluding hydrogens is 196 g/mol. The number of carbonyl (C=O) groups is 1. The molecule has 0 aliphatic rings. The summed E-state index contributed by atoms with van der Waals surface area (Å²) in [6, 6.07) is 3.63. The van der Waals surface area contributed by atoms with Crippen LogP contribution < -0.4 is 0 Å². The molecule has 4 heteroatoms. The van der Waals surface area contributed by atoms with E-state index in [0.717, 1.165) is 5.76 Å². The van der Waals surface area contributed by atoms with Crippen molar-refractivity contribution in [3.8, 4) is 0 Å². The van der Waals surface area contributed by atoms with Crippen LogP contribution in [0.3, 0.4) is 0 Å². The number of esters is 1. The van der Waals surface area contributed by atoms with Gasteiger partial charge in [-0.25, -0.2) is 0 Å². The molecule has 1 atom stereocenters. The van der Waals surface area contributed by atoms with E-state index in [1.165, 1.54) is 0 Å². The molecular formula is C11H16O4. The van der Waals surface area contributed by atoms with Crippen molar-refractivity contribution in [3.05, 3.63) is 24.2 Å². The largest absolute Gasteiger partial charge is 0.467 e. The summed E-state index contributed by atoms with van der Waals surface area (Å²) in [7, 11) is 0. The Hall–Kier alpha value is -1.29. The summed E-state index contributed by atoms with van der Waals surface area (Å²) in [6.45, 7) is 4.41. The van der Waals surface area contributed by atoms with Crippen LogP contribution in [0.25, 0.3) is 0 Å². The van der Waals surface area contributed by atoms with Crippen molar-refractivity contribution < 1.29 is 18.7 Å². The van der Waals surface area contributed by atoms with Gasteiger partial charge < -0.3 is 13.9 Å². The highest BCUT2D eigenvalue weighted by molar-refractivity contribution is 5.69. The summed E-state index contributed by atoms with van der Waals surface area (Å²) in [5.41, 5.74) is 0. The Balaban J connectivity index is 2.18. The van der Waals surface area contributed by atoms with Gasteiger partial charge in [0.15, 0.2) is 0 Å². The second-order valence-electron chi connectivity index (χ2n) is 3.21. The van der Waals surface area contributed by atoms with Crippen LogP contribution in [-0.4, -0.2) is 18.7 Å². The van der Waals surface area contributed by atoms with Gasteiger partial charge in [0.2, 0.25) is 0 Å². The predicted octanol–water partition coefficient (Wildman–Crippen LogP) is 2.14. The van der Waals surface area contributed by atoms with E-state index < -0.39 is 0 Å². The number of rotatable bonds is 6. The first-order chi connectivity index (χ1) is 7.22. The molecule has 1 aromatic heterocycles. The van der Waals surface area contributed by atoms with Gasteiger partial charge in [0.1, 0.15) is 12.4 Å². The topological polar surface area (TPSA) is 48.7 Å². The van der Waals surface area contributed by atoms with E-state index in [1.54, 1.807) is 19.3 Å². The third-order valence-electron chi connectivity index (χ3n) is 1.85. The smallest absolute Gasteiger partial charge is 0.308 e. The van der Waals surface area contributed by atoms with Gasteiger partial charge in [-0.15, -0.1) is 0 Å². The van der Waals surface area contributed by atoms with Crippen molar-refractivity contribution in [1.82, 2.24) is 0 Å². The van der Waals surface area contributed by atoms with Crippen LogP contribution in [0.1, 0.15) is 26.0 Å². The molecule has 0 spiro atoms. The molecule has 0 aliphatic heterocycles. The van der Waals surface area contributed by atoms with E-state index in [0.29, 0.717) is 13.2 Å². The molecule has 1 heterocycles. The molecule has 0 amide bonds. The molecule has 0 radical (unpaired) electrons. The lowest BCUT2D eigenvalue weighted by Gasteiger charge is -2.10. The second-order valence-corrected chi connectivity index (χ2v) is 3.21. The van der Waals surface area contributed by atoms with Crippen molar-refractivity contribution in [3.63, 3.8) is 0 Å². The van der Waals surface area contributed by atoms with Crippen LogP contribution >= 0.6 is 0 Å². The van der Waals surface area contributed by atoms with Gasteiger partial charge in [0, 0.05) is 0 Å². The van der Waals surface area contributed by atoms with Gasteiger partial charge in [-0.05, 0) is 26.0 Å². The minimum Gasteiger partial charge on any atom is -0.467 e. The number of hydrogen-bond acceptors (Lipinski definition) is 4. The number of furan rings is 1. The van der Waals surface area contributed by atoms with Crippen molar-refractivity contribution in [2.45, 2.75) is 33.0 Å². The monoisotopic (exact) mass is 212 g/mol. The SMILES string of the molecule is CCOC(=O)CC(C)OCc1ccco1. The lowest BCUT2D eigenvalue weighted by molar-refractivity contribution is -0.146. The van der Waals surface area contributed by atoms with E-state index in [-0.39, 0.29) is 18.5 Å². The first-order valence-electron chi connectivity index (χ1n) is 5.02. The van der Waals surface area contributed by atoms with Gasteiger partial charge in [0.25, 0.3) is 0 Å². The molecule has 84 valence electrons. The van der Waals surface area contributed by atoms with Crippen molar-refractivity contribution in [1.29, 1.82) is 0 Å². The van der Waals surface area contributed by atoms with Crippen molar-refractivity contribution in [2.75, 3.05) is 6.61 Å². The summed E-state index contributed by atoms with van der Waals surface area (Å²) in [6.07, 6.45) is 1.71.